The molecular weight excluding hydrogens is 398 g/mol. The van der Waals surface area contributed by atoms with Gasteiger partial charge in [0.05, 0.1) is 11.8 Å². The van der Waals surface area contributed by atoms with Gasteiger partial charge in [-0.3, -0.25) is 0 Å². The Morgan fingerprint density at radius 3 is 2.27 bits per heavy atom. The van der Waals surface area contributed by atoms with Crippen LogP contribution in [-0.4, -0.2) is 33.4 Å². The summed E-state index contributed by atoms with van der Waals surface area (Å²) in [6.45, 7) is 0. The van der Waals surface area contributed by atoms with E-state index in [0.717, 1.165) is 31.2 Å². The third-order valence-corrected chi connectivity index (χ3v) is 7.08. The summed E-state index contributed by atoms with van der Waals surface area (Å²) in [6, 6.07) is 18.7. The summed E-state index contributed by atoms with van der Waals surface area (Å²) in [5.41, 5.74) is 2.20. The number of hydrogen-bond donors (Lipinski definition) is 0. The maximum absolute atomic E-state index is 13.4. The fourth-order valence-corrected chi connectivity index (χ4v) is 5.42. The fraction of sp³-hybridized carbons (Fsp3) is 0.273. The Labute approximate surface area is 174 Å². The lowest BCUT2D eigenvalue weighted by Crippen LogP contribution is -2.11. The van der Waals surface area contributed by atoms with Crippen LogP contribution in [0.1, 0.15) is 37.3 Å². The van der Waals surface area contributed by atoms with Crippen molar-refractivity contribution in [3.63, 3.8) is 0 Å². The Kier molecular flexibility index (Phi) is 4.78. The van der Waals surface area contributed by atoms with Gasteiger partial charge in [0.25, 0.3) is 0 Å². The van der Waals surface area contributed by atoms with Crippen LogP contribution in [0.15, 0.2) is 65.7 Å². The molecule has 5 rings (SSSR count). The minimum atomic E-state index is -3.75. The number of nitrogens with zero attached hydrogens (tertiary/aromatic N) is 5. The highest BCUT2D eigenvalue weighted by atomic mass is 32.2. The van der Waals surface area contributed by atoms with E-state index in [-0.39, 0.29) is 22.3 Å². The lowest BCUT2D eigenvalue weighted by Gasteiger charge is -2.11. The summed E-state index contributed by atoms with van der Waals surface area (Å²) in [7, 11) is -3.75. The van der Waals surface area contributed by atoms with Crippen LogP contribution in [0.25, 0.3) is 22.6 Å². The van der Waals surface area contributed by atoms with Crippen molar-refractivity contribution in [2.24, 2.45) is 0 Å². The molecule has 0 N–H and O–H groups in total. The van der Waals surface area contributed by atoms with Gasteiger partial charge in [-0.2, -0.15) is 0 Å². The zero-order valence-electron chi connectivity index (χ0n) is 16.3. The van der Waals surface area contributed by atoms with E-state index in [0.29, 0.717) is 17.0 Å². The average Bonchev–Trinajstić information content (AvgIpc) is 3.43. The minimum absolute atomic E-state index is 0.0561. The fourth-order valence-electron chi connectivity index (χ4n) is 4.00. The smallest absolute Gasteiger partial charge is 0.202 e. The van der Waals surface area contributed by atoms with Crippen molar-refractivity contribution in [3.8, 4) is 11.4 Å². The predicted molar refractivity (Wildman–Crippen MR) is 113 cm³/mol. The second-order valence-electron chi connectivity index (χ2n) is 7.61. The van der Waals surface area contributed by atoms with Crippen molar-refractivity contribution < 1.29 is 8.42 Å². The van der Waals surface area contributed by atoms with Crippen LogP contribution in [0.2, 0.25) is 0 Å². The first kappa shape index (κ1) is 18.9. The molecule has 0 unspecified atom stereocenters. The third-order valence-electron chi connectivity index (χ3n) is 5.49. The summed E-state index contributed by atoms with van der Waals surface area (Å²) in [5.74, 6) is 0.223. The van der Waals surface area contributed by atoms with Gasteiger partial charge in [0, 0.05) is 5.56 Å². The number of hydrogen-bond acceptors (Lipinski definition) is 6. The molecule has 2 heterocycles. The van der Waals surface area contributed by atoms with E-state index in [1.165, 1.54) is 0 Å². The van der Waals surface area contributed by atoms with Crippen molar-refractivity contribution >= 4 is 21.0 Å². The van der Waals surface area contributed by atoms with Crippen molar-refractivity contribution in [3.05, 3.63) is 66.2 Å². The molecule has 0 saturated heterocycles. The topological polar surface area (TPSA) is 90.6 Å². The van der Waals surface area contributed by atoms with Gasteiger partial charge >= 0.3 is 0 Å². The second-order valence-corrected chi connectivity index (χ2v) is 9.51. The second kappa shape index (κ2) is 7.60. The van der Waals surface area contributed by atoms with Crippen LogP contribution in [0, 0.1) is 0 Å². The van der Waals surface area contributed by atoms with Crippen molar-refractivity contribution in [2.45, 2.75) is 42.5 Å². The van der Waals surface area contributed by atoms with Crippen LogP contribution < -0.4 is 0 Å². The third kappa shape index (κ3) is 3.47. The molecule has 1 saturated carbocycles. The molecule has 0 amide bonds. The average molecular weight is 420 g/mol. The predicted octanol–water partition coefficient (Wildman–Crippen LogP) is 3.98. The molecule has 1 aliphatic rings. The molecule has 0 atom stereocenters. The monoisotopic (exact) mass is 419 g/mol. The molecule has 1 fully saturated rings. The van der Waals surface area contributed by atoms with E-state index >= 15 is 0 Å². The first-order valence-corrected chi connectivity index (χ1v) is 11.7. The van der Waals surface area contributed by atoms with E-state index < -0.39 is 9.84 Å². The number of sulfone groups is 1. The molecule has 0 spiro atoms. The van der Waals surface area contributed by atoms with Crippen LogP contribution >= 0.6 is 0 Å². The van der Waals surface area contributed by atoms with Crippen LogP contribution in [0.4, 0.5) is 0 Å². The molecule has 152 valence electrons. The number of aromatic nitrogens is 5. The Hall–Kier alpha value is -3.13. The quantitative estimate of drug-likeness (QED) is 0.455. The molecule has 0 bridgehead atoms. The van der Waals surface area contributed by atoms with E-state index in [1.54, 1.807) is 16.8 Å². The number of benzene rings is 2. The Bertz CT molecular complexity index is 1280. The highest BCUT2D eigenvalue weighted by Crippen LogP contribution is 2.33. The standard InChI is InChI=1S/C22H21N5O2S/c28-30(29,15-16-9-3-1-4-10-16)22-19-21(27(26-25-19)18-13-7-8-14-18)23-20(24-22)17-11-5-2-6-12-17/h1-6,9-12,18H,7-8,13-15H2. The summed E-state index contributed by atoms with van der Waals surface area (Å²) in [5, 5.41) is 8.45. The molecule has 0 aliphatic heterocycles. The minimum Gasteiger partial charge on any atom is -0.224 e. The zero-order chi connectivity index (χ0) is 20.6. The van der Waals surface area contributed by atoms with Gasteiger partial charge < -0.3 is 0 Å². The molecule has 2 aromatic heterocycles. The normalized spacial score (nSPS) is 15.1. The lowest BCUT2D eigenvalue weighted by atomic mass is 10.2. The van der Waals surface area contributed by atoms with Gasteiger partial charge in [-0.1, -0.05) is 78.7 Å². The highest BCUT2D eigenvalue weighted by Gasteiger charge is 2.28. The van der Waals surface area contributed by atoms with E-state index in [1.807, 2.05) is 48.5 Å². The molecule has 1 aliphatic carbocycles. The lowest BCUT2D eigenvalue weighted by molar-refractivity contribution is 0.464. The molecule has 2 aromatic carbocycles. The SMILES string of the molecule is O=S(=O)(Cc1ccccc1)c1nc(-c2ccccc2)nc2c1nnn2C1CCCC1. The number of rotatable bonds is 5. The van der Waals surface area contributed by atoms with E-state index in [9.17, 15) is 8.42 Å². The van der Waals surface area contributed by atoms with Crippen LogP contribution in [0.5, 0.6) is 0 Å². The van der Waals surface area contributed by atoms with E-state index in [4.69, 9.17) is 4.98 Å². The summed E-state index contributed by atoms with van der Waals surface area (Å²) >= 11 is 0. The summed E-state index contributed by atoms with van der Waals surface area (Å²) < 4.78 is 28.5. The maximum atomic E-state index is 13.4. The Morgan fingerprint density at radius 1 is 0.900 bits per heavy atom. The van der Waals surface area contributed by atoms with Gasteiger partial charge in [-0.15, -0.1) is 5.10 Å². The molecule has 4 aromatic rings. The Morgan fingerprint density at radius 2 is 1.57 bits per heavy atom. The van der Waals surface area contributed by atoms with Gasteiger partial charge in [-0.05, 0) is 18.4 Å². The van der Waals surface area contributed by atoms with Gasteiger partial charge in [-0.25, -0.2) is 23.1 Å². The summed E-state index contributed by atoms with van der Waals surface area (Å²) in [6.07, 6.45) is 4.24. The van der Waals surface area contributed by atoms with Crippen molar-refractivity contribution in [2.75, 3.05) is 0 Å². The van der Waals surface area contributed by atoms with Crippen molar-refractivity contribution in [1.82, 2.24) is 25.0 Å². The van der Waals surface area contributed by atoms with Gasteiger partial charge in [0.1, 0.15) is 0 Å². The van der Waals surface area contributed by atoms with Gasteiger partial charge in [0.15, 0.2) is 22.0 Å². The maximum Gasteiger partial charge on any atom is 0.202 e. The molecule has 30 heavy (non-hydrogen) atoms. The molecule has 8 heteroatoms. The van der Waals surface area contributed by atoms with Crippen LogP contribution in [0.3, 0.4) is 0 Å². The first-order chi connectivity index (χ1) is 14.6. The zero-order valence-corrected chi connectivity index (χ0v) is 17.2. The largest absolute Gasteiger partial charge is 0.224 e. The van der Waals surface area contributed by atoms with Gasteiger partial charge in [0.2, 0.25) is 9.84 Å². The number of fused-ring (bicyclic) bond motifs is 1. The summed E-state index contributed by atoms with van der Waals surface area (Å²) in [4.78, 5) is 9.16. The molecular formula is C22H21N5O2S. The highest BCUT2D eigenvalue weighted by molar-refractivity contribution is 7.90. The van der Waals surface area contributed by atoms with Crippen molar-refractivity contribution in [1.29, 1.82) is 0 Å². The molecule has 0 radical (unpaired) electrons. The van der Waals surface area contributed by atoms with Crippen LogP contribution in [-0.2, 0) is 15.6 Å². The Balaban J connectivity index is 1.70. The van der Waals surface area contributed by atoms with E-state index in [2.05, 4.69) is 15.3 Å². The first-order valence-electron chi connectivity index (χ1n) is 10.1. The molecule has 7 nitrogen and oxygen atoms in total.